The van der Waals surface area contributed by atoms with Gasteiger partial charge < -0.3 is 19.5 Å². The Hall–Kier alpha value is -2.37. The van der Waals surface area contributed by atoms with Gasteiger partial charge in [-0.2, -0.15) is 0 Å². The zero-order chi connectivity index (χ0) is 24.6. The third kappa shape index (κ3) is 9.30. The van der Waals surface area contributed by atoms with Crippen LogP contribution in [0.5, 0.6) is 0 Å². The summed E-state index contributed by atoms with van der Waals surface area (Å²) in [5.41, 5.74) is 4.91. The zero-order valence-corrected chi connectivity index (χ0v) is 21.4. The number of benzene rings is 2. The van der Waals surface area contributed by atoms with E-state index >= 15 is 0 Å². The van der Waals surface area contributed by atoms with Gasteiger partial charge in [-0.3, -0.25) is 0 Å². The van der Waals surface area contributed by atoms with Gasteiger partial charge in [-0.05, 0) is 35.1 Å². The van der Waals surface area contributed by atoms with Crippen molar-refractivity contribution in [3.05, 3.63) is 59.7 Å². The maximum absolute atomic E-state index is 12.2. The molecule has 0 spiro atoms. The van der Waals surface area contributed by atoms with Crippen molar-refractivity contribution >= 4 is 6.09 Å². The van der Waals surface area contributed by atoms with E-state index in [2.05, 4.69) is 48.6 Å². The number of hydrogen-bond donors (Lipinski definition) is 1. The SMILES string of the molecule is CCCCCCCCCCOCCOCCCNC(=O)OCC1c2ccccc2-c2ccccc21. The molecule has 1 amide bonds. The number of fused-ring (bicyclic) bond motifs is 3. The molecule has 0 atom stereocenters. The first-order valence-electron chi connectivity index (χ1n) is 13.6. The molecule has 5 nitrogen and oxygen atoms in total. The Kier molecular flexibility index (Phi) is 12.7. The maximum atomic E-state index is 12.2. The van der Waals surface area contributed by atoms with Crippen molar-refractivity contribution in [2.24, 2.45) is 0 Å². The third-order valence-electron chi connectivity index (χ3n) is 6.59. The van der Waals surface area contributed by atoms with E-state index < -0.39 is 0 Å². The topological polar surface area (TPSA) is 56.8 Å². The highest BCUT2D eigenvalue weighted by Gasteiger charge is 2.28. The Labute approximate surface area is 211 Å². The van der Waals surface area contributed by atoms with Crippen LogP contribution in [0.1, 0.15) is 81.8 Å². The van der Waals surface area contributed by atoms with Gasteiger partial charge in [0.2, 0.25) is 0 Å². The number of nitrogens with one attached hydrogen (secondary N) is 1. The molecule has 0 radical (unpaired) electrons. The molecule has 0 bridgehead atoms. The fourth-order valence-electron chi connectivity index (χ4n) is 4.67. The van der Waals surface area contributed by atoms with E-state index in [9.17, 15) is 4.79 Å². The zero-order valence-electron chi connectivity index (χ0n) is 21.4. The van der Waals surface area contributed by atoms with E-state index in [1.165, 1.54) is 67.2 Å². The Morgan fingerprint density at radius 1 is 0.714 bits per heavy atom. The van der Waals surface area contributed by atoms with E-state index in [0.717, 1.165) is 19.4 Å². The molecule has 1 aliphatic rings. The van der Waals surface area contributed by atoms with E-state index in [0.29, 0.717) is 33.0 Å². The predicted molar refractivity (Wildman–Crippen MR) is 142 cm³/mol. The number of hydrogen-bond acceptors (Lipinski definition) is 4. The Morgan fingerprint density at radius 3 is 1.89 bits per heavy atom. The number of alkyl carbamates (subject to hydrolysis) is 1. The second kappa shape index (κ2) is 16.3. The van der Waals surface area contributed by atoms with Crippen molar-refractivity contribution in [1.82, 2.24) is 5.32 Å². The summed E-state index contributed by atoms with van der Waals surface area (Å²) in [4.78, 5) is 12.2. The fraction of sp³-hybridized carbons (Fsp3) is 0.567. The summed E-state index contributed by atoms with van der Waals surface area (Å²) in [6, 6.07) is 16.7. The predicted octanol–water partition coefficient (Wildman–Crippen LogP) is 7.09. The van der Waals surface area contributed by atoms with Gasteiger partial charge in [0, 0.05) is 25.7 Å². The van der Waals surface area contributed by atoms with Crippen LogP contribution in [-0.4, -0.2) is 45.7 Å². The van der Waals surface area contributed by atoms with E-state index in [4.69, 9.17) is 14.2 Å². The number of rotatable bonds is 18. The minimum atomic E-state index is -0.374. The van der Waals surface area contributed by atoms with Gasteiger partial charge in [0.05, 0.1) is 13.2 Å². The summed E-state index contributed by atoms with van der Waals surface area (Å²) < 4.78 is 16.8. The van der Waals surface area contributed by atoms with Crippen molar-refractivity contribution in [2.45, 2.75) is 70.6 Å². The van der Waals surface area contributed by atoms with E-state index in [-0.39, 0.29) is 12.0 Å². The summed E-state index contributed by atoms with van der Waals surface area (Å²) >= 11 is 0. The lowest BCUT2D eigenvalue weighted by molar-refractivity contribution is 0.0453. The monoisotopic (exact) mass is 481 g/mol. The first-order valence-corrected chi connectivity index (χ1v) is 13.6. The Morgan fingerprint density at radius 2 is 1.26 bits per heavy atom. The fourth-order valence-corrected chi connectivity index (χ4v) is 4.67. The average molecular weight is 482 g/mol. The van der Waals surface area contributed by atoms with E-state index in [1.807, 2.05) is 12.1 Å². The van der Waals surface area contributed by atoms with Crippen LogP contribution in [0, 0.1) is 0 Å². The molecular weight excluding hydrogens is 438 g/mol. The highest BCUT2D eigenvalue weighted by Crippen LogP contribution is 2.44. The summed E-state index contributed by atoms with van der Waals surface area (Å²) in [5, 5.41) is 2.83. The average Bonchev–Trinajstić information content (AvgIpc) is 3.21. The van der Waals surface area contributed by atoms with Crippen LogP contribution >= 0.6 is 0 Å². The summed E-state index contributed by atoms with van der Waals surface area (Å²) in [6.45, 7) is 5.79. The first kappa shape index (κ1) is 27.2. The minimum Gasteiger partial charge on any atom is -0.449 e. The molecule has 0 fully saturated rings. The largest absolute Gasteiger partial charge is 0.449 e. The van der Waals surface area contributed by atoms with Crippen molar-refractivity contribution in [3.8, 4) is 11.1 Å². The Balaban J connectivity index is 1.16. The number of amides is 1. The highest BCUT2D eigenvalue weighted by molar-refractivity contribution is 5.79. The van der Waals surface area contributed by atoms with Crippen LogP contribution in [0.25, 0.3) is 11.1 Å². The van der Waals surface area contributed by atoms with Gasteiger partial charge in [0.15, 0.2) is 0 Å². The van der Waals surface area contributed by atoms with Gasteiger partial charge in [-0.1, -0.05) is 100 Å². The molecule has 0 aliphatic heterocycles. The minimum absolute atomic E-state index is 0.0854. The second-order valence-electron chi connectivity index (χ2n) is 9.31. The summed E-state index contributed by atoms with van der Waals surface area (Å²) in [5.74, 6) is 0.0854. The molecule has 192 valence electrons. The second-order valence-corrected chi connectivity index (χ2v) is 9.31. The molecule has 3 rings (SSSR count). The number of carbonyl (C=O) groups is 1. The molecule has 35 heavy (non-hydrogen) atoms. The first-order chi connectivity index (χ1) is 17.3. The molecule has 2 aromatic carbocycles. The van der Waals surface area contributed by atoms with Gasteiger partial charge in [0.1, 0.15) is 6.61 Å². The molecule has 0 saturated carbocycles. The molecule has 1 aliphatic carbocycles. The molecule has 5 heteroatoms. The van der Waals surface area contributed by atoms with Gasteiger partial charge in [-0.25, -0.2) is 4.79 Å². The maximum Gasteiger partial charge on any atom is 0.407 e. The van der Waals surface area contributed by atoms with Gasteiger partial charge in [0.25, 0.3) is 0 Å². The number of unbranched alkanes of at least 4 members (excludes halogenated alkanes) is 7. The lowest BCUT2D eigenvalue weighted by Gasteiger charge is -2.14. The summed E-state index contributed by atoms with van der Waals surface area (Å²) in [7, 11) is 0. The molecule has 0 saturated heterocycles. The van der Waals surface area contributed by atoms with E-state index in [1.54, 1.807) is 0 Å². The third-order valence-corrected chi connectivity index (χ3v) is 6.59. The molecular formula is C30H43NO4. The van der Waals surface area contributed by atoms with Crippen LogP contribution in [0.2, 0.25) is 0 Å². The quantitative estimate of drug-likeness (QED) is 0.231. The molecule has 2 aromatic rings. The van der Waals surface area contributed by atoms with Crippen molar-refractivity contribution < 1.29 is 19.0 Å². The highest BCUT2D eigenvalue weighted by atomic mass is 16.5. The normalized spacial score (nSPS) is 12.4. The van der Waals surface area contributed by atoms with Gasteiger partial charge >= 0.3 is 6.09 Å². The lowest BCUT2D eigenvalue weighted by atomic mass is 9.98. The molecule has 0 unspecified atom stereocenters. The van der Waals surface area contributed by atoms with Crippen LogP contribution in [0.4, 0.5) is 4.79 Å². The van der Waals surface area contributed by atoms with Crippen molar-refractivity contribution in [3.63, 3.8) is 0 Å². The smallest absolute Gasteiger partial charge is 0.407 e. The molecule has 0 heterocycles. The standard InChI is InChI=1S/C30H43NO4/c1-2-3-4-5-6-7-8-13-20-33-22-23-34-21-14-19-31-30(32)35-24-29-27-17-11-9-15-25(27)26-16-10-12-18-28(26)29/h9-12,15-18,29H,2-8,13-14,19-24H2,1H3,(H,31,32). The Bertz CT molecular complexity index is 823. The molecule has 1 N–H and O–H groups in total. The number of carbonyl (C=O) groups excluding carboxylic acids is 1. The van der Waals surface area contributed by atoms with Gasteiger partial charge in [-0.15, -0.1) is 0 Å². The van der Waals surface area contributed by atoms with Crippen molar-refractivity contribution in [2.75, 3.05) is 39.6 Å². The van der Waals surface area contributed by atoms with Crippen LogP contribution in [-0.2, 0) is 14.2 Å². The molecule has 0 aromatic heterocycles. The summed E-state index contributed by atoms with van der Waals surface area (Å²) in [6.07, 6.45) is 10.9. The van der Waals surface area contributed by atoms with Crippen LogP contribution < -0.4 is 5.32 Å². The van der Waals surface area contributed by atoms with Crippen LogP contribution in [0.3, 0.4) is 0 Å². The van der Waals surface area contributed by atoms with Crippen molar-refractivity contribution in [1.29, 1.82) is 0 Å². The van der Waals surface area contributed by atoms with Crippen LogP contribution in [0.15, 0.2) is 48.5 Å². The lowest BCUT2D eigenvalue weighted by Crippen LogP contribution is -2.27. The number of ether oxygens (including phenoxy) is 3.